The first-order valence-electron chi connectivity index (χ1n) is 7.09. The van der Waals surface area contributed by atoms with Crippen molar-refractivity contribution in [2.75, 3.05) is 0 Å². The van der Waals surface area contributed by atoms with Crippen LogP contribution in [0.2, 0.25) is 0 Å². The van der Waals surface area contributed by atoms with E-state index in [9.17, 15) is 19.2 Å². The van der Waals surface area contributed by atoms with Crippen molar-refractivity contribution >= 4 is 23.1 Å². The first-order valence-corrected chi connectivity index (χ1v) is 7.09. The van der Waals surface area contributed by atoms with Crippen LogP contribution in [0.1, 0.15) is 57.8 Å². The predicted octanol–water partition coefficient (Wildman–Crippen LogP) is 2.03. The Balaban J connectivity index is 1.71. The maximum atomic E-state index is 11.3. The molecule has 0 aliphatic heterocycles. The minimum absolute atomic E-state index is 0.0595. The molecule has 2 rings (SSSR count). The summed E-state index contributed by atoms with van der Waals surface area (Å²) in [4.78, 5) is 45.3. The van der Waals surface area contributed by atoms with Crippen molar-refractivity contribution in [2.45, 2.75) is 57.8 Å². The van der Waals surface area contributed by atoms with Crippen molar-refractivity contribution in [3.63, 3.8) is 0 Å². The maximum Gasteiger partial charge on any atom is 0.140 e. The van der Waals surface area contributed by atoms with E-state index in [1.807, 2.05) is 0 Å². The van der Waals surface area contributed by atoms with Crippen LogP contribution < -0.4 is 0 Å². The van der Waals surface area contributed by atoms with Gasteiger partial charge in [-0.15, -0.1) is 0 Å². The largest absolute Gasteiger partial charge is 0.299 e. The van der Waals surface area contributed by atoms with Crippen LogP contribution in [0.5, 0.6) is 0 Å². The molecule has 2 saturated carbocycles. The summed E-state index contributed by atoms with van der Waals surface area (Å²) in [5, 5.41) is 0. The fourth-order valence-electron chi connectivity index (χ4n) is 3.26. The van der Waals surface area contributed by atoms with Crippen molar-refractivity contribution in [3.8, 4) is 0 Å². The Bertz CT molecular complexity index is 340. The van der Waals surface area contributed by atoms with Gasteiger partial charge >= 0.3 is 0 Å². The van der Waals surface area contributed by atoms with Crippen LogP contribution in [0.3, 0.4) is 0 Å². The molecule has 0 spiro atoms. The summed E-state index contributed by atoms with van der Waals surface area (Å²) in [6.45, 7) is 0. The third-order valence-electron chi connectivity index (χ3n) is 4.08. The van der Waals surface area contributed by atoms with Crippen molar-refractivity contribution < 1.29 is 19.2 Å². The number of ketones is 4. The van der Waals surface area contributed by atoms with Gasteiger partial charge in [0.05, 0.1) is 12.8 Å². The summed E-state index contributed by atoms with van der Waals surface area (Å²) in [5.74, 6) is 0.606. The molecule has 0 amide bonds. The monoisotopic (exact) mass is 264 g/mol. The number of carbonyl (C=O) groups excluding carboxylic acids is 4. The Hall–Kier alpha value is -1.32. The summed E-state index contributed by atoms with van der Waals surface area (Å²) < 4.78 is 0. The molecule has 0 N–H and O–H groups in total. The molecule has 2 aliphatic rings. The normalized spacial score (nSPS) is 23.2. The second kappa shape index (κ2) is 6.22. The molecule has 0 radical (unpaired) electrons. The number of Topliss-reactive ketones (excluding diaryl/α,β-unsaturated/α-hetero) is 4. The molecule has 4 heteroatoms. The zero-order valence-corrected chi connectivity index (χ0v) is 11.2. The number of hydrogen-bond donors (Lipinski definition) is 0. The molecular formula is C15H20O4. The fraction of sp³-hybridized carbons (Fsp3) is 0.733. The van der Waals surface area contributed by atoms with Gasteiger partial charge in [-0.2, -0.15) is 0 Å². The average Bonchev–Trinajstić information content (AvgIpc) is 2.26. The van der Waals surface area contributed by atoms with E-state index in [4.69, 9.17) is 0 Å². The Morgan fingerprint density at radius 3 is 1.26 bits per heavy atom. The predicted molar refractivity (Wildman–Crippen MR) is 68.6 cm³/mol. The Kier molecular flexibility index (Phi) is 4.61. The van der Waals surface area contributed by atoms with Crippen LogP contribution in [-0.4, -0.2) is 23.1 Å². The van der Waals surface area contributed by atoms with Gasteiger partial charge in [-0.25, -0.2) is 0 Å². The van der Waals surface area contributed by atoms with Gasteiger partial charge in [0.2, 0.25) is 0 Å². The molecule has 0 aromatic heterocycles. The molecule has 0 saturated heterocycles. The molecule has 0 atom stereocenters. The van der Waals surface area contributed by atoms with E-state index in [1.54, 1.807) is 0 Å². The van der Waals surface area contributed by atoms with Crippen molar-refractivity contribution in [1.82, 2.24) is 0 Å². The minimum atomic E-state index is 0.0595. The molecule has 0 aromatic rings. The van der Waals surface area contributed by atoms with E-state index in [-0.39, 0.29) is 47.8 Å². The van der Waals surface area contributed by atoms with Gasteiger partial charge in [0.1, 0.15) is 23.1 Å². The Morgan fingerprint density at radius 2 is 0.947 bits per heavy atom. The lowest BCUT2D eigenvalue weighted by molar-refractivity contribution is -0.132. The highest BCUT2D eigenvalue weighted by molar-refractivity contribution is 6.02. The third kappa shape index (κ3) is 4.37. The van der Waals surface area contributed by atoms with Gasteiger partial charge in [-0.1, -0.05) is 6.42 Å². The molecule has 4 nitrogen and oxygen atoms in total. The molecule has 2 aliphatic carbocycles. The van der Waals surface area contributed by atoms with E-state index in [0.29, 0.717) is 25.7 Å². The Labute approximate surface area is 112 Å². The molecule has 104 valence electrons. The second-order valence-corrected chi connectivity index (χ2v) is 5.99. The van der Waals surface area contributed by atoms with E-state index in [1.165, 1.54) is 0 Å². The van der Waals surface area contributed by atoms with Crippen molar-refractivity contribution in [2.24, 2.45) is 11.8 Å². The topological polar surface area (TPSA) is 68.3 Å². The first-order chi connectivity index (χ1) is 9.02. The molecule has 2 fully saturated rings. The van der Waals surface area contributed by atoms with E-state index in [0.717, 1.165) is 19.3 Å². The quantitative estimate of drug-likeness (QED) is 0.729. The summed E-state index contributed by atoms with van der Waals surface area (Å²) in [7, 11) is 0. The van der Waals surface area contributed by atoms with Gasteiger partial charge in [-0.3, -0.25) is 19.2 Å². The van der Waals surface area contributed by atoms with Gasteiger partial charge in [0, 0.05) is 25.7 Å². The summed E-state index contributed by atoms with van der Waals surface area (Å²) >= 11 is 0. The van der Waals surface area contributed by atoms with Gasteiger partial charge in [-0.05, 0) is 24.7 Å². The third-order valence-corrected chi connectivity index (χ3v) is 4.08. The maximum absolute atomic E-state index is 11.3. The first kappa shape index (κ1) is 14.1. The molecule has 0 aromatic carbocycles. The highest BCUT2D eigenvalue weighted by Crippen LogP contribution is 2.28. The lowest BCUT2D eigenvalue weighted by Gasteiger charge is -2.22. The number of hydrogen-bond acceptors (Lipinski definition) is 4. The van der Waals surface area contributed by atoms with Gasteiger partial charge in [0.15, 0.2) is 0 Å². The van der Waals surface area contributed by atoms with Crippen LogP contribution in [0.15, 0.2) is 0 Å². The van der Waals surface area contributed by atoms with Gasteiger partial charge < -0.3 is 0 Å². The lowest BCUT2D eigenvalue weighted by atomic mass is 9.80. The van der Waals surface area contributed by atoms with Crippen LogP contribution in [0.25, 0.3) is 0 Å². The van der Waals surface area contributed by atoms with E-state index in [2.05, 4.69) is 0 Å². The van der Waals surface area contributed by atoms with Crippen molar-refractivity contribution in [3.05, 3.63) is 0 Å². The summed E-state index contributed by atoms with van der Waals surface area (Å²) in [6.07, 6.45) is 4.93. The second-order valence-electron chi connectivity index (χ2n) is 5.99. The van der Waals surface area contributed by atoms with E-state index >= 15 is 0 Å². The smallest absolute Gasteiger partial charge is 0.140 e. The van der Waals surface area contributed by atoms with Crippen molar-refractivity contribution in [1.29, 1.82) is 0 Å². The molecule has 0 unspecified atom stereocenters. The minimum Gasteiger partial charge on any atom is -0.299 e. The standard InChI is InChI=1S/C15H20O4/c16-12-4-10(5-13(17)8-12)2-1-3-11-6-14(18)9-15(19)7-11/h10-11H,1-9H2. The highest BCUT2D eigenvalue weighted by Gasteiger charge is 2.27. The van der Waals surface area contributed by atoms with Gasteiger partial charge in [0.25, 0.3) is 0 Å². The van der Waals surface area contributed by atoms with E-state index < -0.39 is 0 Å². The zero-order valence-electron chi connectivity index (χ0n) is 11.2. The molecule has 0 bridgehead atoms. The van der Waals surface area contributed by atoms with Crippen LogP contribution in [0, 0.1) is 11.8 Å². The van der Waals surface area contributed by atoms with Crippen LogP contribution in [0.4, 0.5) is 0 Å². The fourth-order valence-corrected chi connectivity index (χ4v) is 3.26. The molecule has 0 heterocycles. The molecular weight excluding hydrogens is 244 g/mol. The Morgan fingerprint density at radius 1 is 0.632 bits per heavy atom. The highest BCUT2D eigenvalue weighted by atomic mass is 16.2. The van der Waals surface area contributed by atoms with Crippen LogP contribution >= 0.6 is 0 Å². The summed E-state index contributed by atoms with van der Waals surface area (Å²) in [6, 6.07) is 0. The summed E-state index contributed by atoms with van der Waals surface area (Å²) in [5.41, 5.74) is 0. The van der Waals surface area contributed by atoms with Crippen LogP contribution in [-0.2, 0) is 19.2 Å². The zero-order chi connectivity index (χ0) is 13.8. The SMILES string of the molecule is O=C1CC(=O)CC(CCCC2CC(=O)CC(=O)C2)C1. The average molecular weight is 264 g/mol. The lowest BCUT2D eigenvalue weighted by Crippen LogP contribution is -2.24. The number of rotatable bonds is 4. The number of carbonyl (C=O) groups is 4. The molecule has 19 heavy (non-hydrogen) atoms.